The number of nitrogens with one attached hydrogen (secondary N) is 3. The molecule has 226 valence electrons. The second-order valence-electron chi connectivity index (χ2n) is 13.6. The predicted molar refractivity (Wildman–Crippen MR) is 188 cm³/mol. The molecule has 0 radical (unpaired) electrons. The number of anilines is 3. The minimum atomic E-state index is 0.00188. The average Bonchev–Trinajstić information content (AvgIpc) is 3.46. The van der Waals surface area contributed by atoms with E-state index in [1.807, 2.05) is 0 Å². The van der Waals surface area contributed by atoms with E-state index in [9.17, 15) is 0 Å². The van der Waals surface area contributed by atoms with Crippen LogP contribution in [0.5, 0.6) is 0 Å². The van der Waals surface area contributed by atoms with E-state index in [0.29, 0.717) is 17.9 Å². The van der Waals surface area contributed by atoms with Crippen LogP contribution in [0.4, 0.5) is 17.1 Å². The Bertz CT molecular complexity index is 1820. The molecule has 4 nitrogen and oxygen atoms in total. The van der Waals surface area contributed by atoms with E-state index >= 15 is 0 Å². The summed E-state index contributed by atoms with van der Waals surface area (Å²) >= 11 is 0. The molecular formula is C41H42N4. The van der Waals surface area contributed by atoms with E-state index in [0.717, 1.165) is 24.3 Å². The van der Waals surface area contributed by atoms with Crippen LogP contribution >= 0.6 is 0 Å². The molecule has 0 spiro atoms. The van der Waals surface area contributed by atoms with Gasteiger partial charge in [-0.15, -0.1) is 0 Å². The highest BCUT2D eigenvalue weighted by atomic mass is 15.4. The molecule has 3 aromatic rings. The Hall–Kier alpha value is -4.38. The summed E-state index contributed by atoms with van der Waals surface area (Å²) in [6.07, 6.45) is 23.9. The van der Waals surface area contributed by atoms with Crippen molar-refractivity contribution in [2.75, 3.05) is 17.7 Å². The number of hydrogen-bond acceptors (Lipinski definition) is 4. The van der Waals surface area contributed by atoms with Crippen LogP contribution < -0.4 is 16.0 Å². The Morgan fingerprint density at radius 3 is 2.64 bits per heavy atom. The summed E-state index contributed by atoms with van der Waals surface area (Å²) in [6, 6.07) is 27.1. The monoisotopic (exact) mass is 590 g/mol. The first-order valence-corrected chi connectivity index (χ1v) is 16.4. The first-order chi connectivity index (χ1) is 22.0. The van der Waals surface area contributed by atoms with Crippen LogP contribution in [0.3, 0.4) is 0 Å². The van der Waals surface area contributed by atoms with Crippen LogP contribution in [0.1, 0.15) is 42.9 Å². The van der Waals surface area contributed by atoms with Crippen molar-refractivity contribution in [2.45, 2.75) is 50.4 Å². The fourth-order valence-electron chi connectivity index (χ4n) is 8.51. The number of para-hydroxylation sites is 2. The molecule has 5 aliphatic rings. The second-order valence-corrected chi connectivity index (χ2v) is 13.6. The second kappa shape index (κ2) is 10.9. The Kier molecular flexibility index (Phi) is 6.81. The van der Waals surface area contributed by atoms with Crippen LogP contribution in [-0.4, -0.2) is 29.6 Å². The summed E-state index contributed by atoms with van der Waals surface area (Å²) in [5.74, 6) is 0.709. The topological polar surface area (TPSA) is 39.1 Å². The lowest BCUT2D eigenvalue weighted by atomic mass is 9.69. The fraction of sp³-hybridized carbons (Fsp3) is 0.268. The van der Waals surface area contributed by atoms with Gasteiger partial charge in [-0.25, -0.2) is 0 Å². The quantitative estimate of drug-likeness (QED) is 0.230. The van der Waals surface area contributed by atoms with E-state index in [2.05, 4.69) is 175 Å². The van der Waals surface area contributed by atoms with Gasteiger partial charge in [0.15, 0.2) is 0 Å². The molecule has 45 heavy (non-hydrogen) atoms. The van der Waals surface area contributed by atoms with E-state index in [1.165, 1.54) is 33.6 Å². The van der Waals surface area contributed by atoms with Crippen LogP contribution in [0.25, 0.3) is 5.57 Å². The van der Waals surface area contributed by atoms with Gasteiger partial charge in [0.2, 0.25) is 0 Å². The van der Waals surface area contributed by atoms with E-state index in [1.54, 1.807) is 0 Å². The summed E-state index contributed by atoms with van der Waals surface area (Å²) < 4.78 is 0. The zero-order chi connectivity index (χ0) is 30.6. The largest absolute Gasteiger partial charge is 0.358 e. The Morgan fingerprint density at radius 1 is 0.933 bits per heavy atom. The fourth-order valence-corrected chi connectivity index (χ4v) is 8.51. The summed E-state index contributed by atoms with van der Waals surface area (Å²) in [7, 11) is 2.26. The van der Waals surface area contributed by atoms with E-state index in [-0.39, 0.29) is 17.0 Å². The molecule has 0 amide bonds. The molecule has 7 unspecified atom stereocenters. The minimum absolute atomic E-state index is 0.00188. The molecule has 2 heterocycles. The van der Waals surface area contributed by atoms with Gasteiger partial charge < -0.3 is 16.0 Å². The molecular weight excluding hydrogens is 548 g/mol. The third kappa shape index (κ3) is 4.67. The molecule has 8 rings (SSSR count). The zero-order valence-electron chi connectivity index (χ0n) is 26.4. The number of fused-ring (bicyclic) bond motifs is 4. The van der Waals surface area contributed by atoms with Crippen molar-refractivity contribution in [1.29, 1.82) is 0 Å². The highest BCUT2D eigenvalue weighted by molar-refractivity contribution is 5.84. The molecule has 3 aliphatic carbocycles. The number of benzene rings is 3. The summed E-state index contributed by atoms with van der Waals surface area (Å²) in [6.45, 7) is 5.57. The molecule has 7 atom stereocenters. The van der Waals surface area contributed by atoms with Crippen molar-refractivity contribution in [1.82, 2.24) is 10.2 Å². The van der Waals surface area contributed by atoms with Gasteiger partial charge in [-0.1, -0.05) is 117 Å². The SMILES string of the molecule is CC1C(c2ccccc2Nc2cccc(CNC(C3(C)C=CC=CC3)C34C=CC=CC3N4C)c2)=CC=C2Nc3ccccc3C21. The van der Waals surface area contributed by atoms with Gasteiger partial charge >= 0.3 is 0 Å². The molecule has 0 saturated carbocycles. The van der Waals surface area contributed by atoms with E-state index < -0.39 is 0 Å². The van der Waals surface area contributed by atoms with Crippen molar-refractivity contribution >= 4 is 22.6 Å². The van der Waals surface area contributed by atoms with Gasteiger partial charge in [0, 0.05) is 52.2 Å². The molecule has 3 aromatic carbocycles. The molecule has 2 aliphatic heterocycles. The lowest BCUT2D eigenvalue weighted by molar-refractivity contribution is 0.223. The number of nitrogens with zero attached hydrogens (tertiary/aromatic N) is 1. The first kappa shape index (κ1) is 28.1. The highest BCUT2D eigenvalue weighted by Gasteiger charge is 2.65. The third-order valence-electron chi connectivity index (χ3n) is 10.9. The normalized spacial score (nSPS) is 30.8. The number of hydrogen-bond donors (Lipinski definition) is 3. The Morgan fingerprint density at radius 2 is 1.78 bits per heavy atom. The van der Waals surface area contributed by atoms with Crippen molar-refractivity contribution in [3.05, 3.63) is 156 Å². The van der Waals surface area contributed by atoms with Crippen molar-refractivity contribution in [2.24, 2.45) is 11.3 Å². The van der Waals surface area contributed by atoms with Gasteiger partial charge in [0.1, 0.15) is 0 Å². The Labute approximate surface area is 267 Å². The van der Waals surface area contributed by atoms with Crippen LogP contribution in [-0.2, 0) is 6.54 Å². The first-order valence-electron chi connectivity index (χ1n) is 16.4. The molecule has 4 heteroatoms. The van der Waals surface area contributed by atoms with Gasteiger partial charge in [-0.3, -0.25) is 4.90 Å². The summed E-state index contributed by atoms with van der Waals surface area (Å²) in [5, 5.41) is 11.5. The molecule has 3 N–H and O–H groups in total. The molecule has 0 bridgehead atoms. The maximum Gasteiger partial charge on any atom is 0.0753 e. The maximum atomic E-state index is 4.06. The predicted octanol–water partition coefficient (Wildman–Crippen LogP) is 8.72. The van der Waals surface area contributed by atoms with Gasteiger partial charge in [-0.2, -0.15) is 0 Å². The van der Waals surface area contributed by atoms with Crippen LogP contribution in [0.2, 0.25) is 0 Å². The Balaban J connectivity index is 1.03. The van der Waals surface area contributed by atoms with E-state index in [4.69, 9.17) is 0 Å². The third-order valence-corrected chi connectivity index (χ3v) is 10.9. The lowest BCUT2D eigenvalue weighted by Crippen LogP contribution is -2.54. The summed E-state index contributed by atoms with van der Waals surface area (Å²) in [5.41, 5.74) is 10.1. The zero-order valence-corrected chi connectivity index (χ0v) is 26.4. The van der Waals surface area contributed by atoms with Gasteiger partial charge in [-0.05, 0) is 66.4 Å². The van der Waals surface area contributed by atoms with Crippen LogP contribution in [0, 0.1) is 11.3 Å². The molecule has 1 saturated heterocycles. The number of likely N-dealkylation sites (N-methyl/N-ethyl adjacent to an activating group) is 1. The maximum absolute atomic E-state index is 4.06. The average molecular weight is 591 g/mol. The minimum Gasteiger partial charge on any atom is -0.358 e. The van der Waals surface area contributed by atoms with Crippen molar-refractivity contribution < 1.29 is 0 Å². The van der Waals surface area contributed by atoms with Crippen molar-refractivity contribution in [3.63, 3.8) is 0 Å². The standard InChI is InChI=1S/C41H42N4/c1-28-31(21-22-36-38(28)33-17-6-8-19-35(33)44-36)32-16-5-7-18-34(32)43-30-15-13-14-29(26-30)27-42-39(40(2)23-10-4-11-24-40)41-25-12-9-20-37(41)45(41)3/h4-23,25-26,28,37-39,42-44H,24,27H2,1-3H3. The number of allylic oxidation sites excluding steroid dienone is 9. The lowest BCUT2D eigenvalue weighted by Gasteiger charge is -2.41. The highest BCUT2D eigenvalue weighted by Crippen LogP contribution is 2.53. The van der Waals surface area contributed by atoms with Crippen LogP contribution in [0.15, 0.2) is 139 Å². The smallest absolute Gasteiger partial charge is 0.0753 e. The molecule has 0 aromatic heterocycles. The molecule has 1 fully saturated rings. The summed E-state index contributed by atoms with van der Waals surface area (Å²) in [4.78, 5) is 2.51. The number of rotatable bonds is 8. The van der Waals surface area contributed by atoms with Gasteiger partial charge in [0.25, 0.3) is 0 Å². The van der Waals surface area contributed by atoms with Crippen molar-refractivity contribution in [3.8, 4) is 0 Å². The van der Waals surface area contributed by atoms with Gasteiger partial charge in [0.05, 0.1) is 11.6 Å².